The Bertz CT molecular complexity index is 1080. The third-order valence-electron chi connectivity index (χ3n) is 5.38. The van der Waals surface area contributed by atoms with E-state index in [2.05, 4.69) is 0 Å². The van der Waals surface area contributed by atoms with Gasteiger partial charge in [0.15, 0.2) is 5.78 Å². The van der Waals surface area contributed by atoms with E-state index in [0.717, 1.165) is 12.1 Å². The fourth-order valence-electron chi connectivity index (χ4n) is 3.85. The Morgan fingerprint density at radius 3 is 2.26 bits per heavy atom. The zero-order valence-corrected chi connectivity index (χ0v) is 16.2. The molecule has 10 heteroatoms. The van der Waals surface area contributed by atoms with Gasteiger partial charge in [-0.05, 0) is 30.7 Å². The first-order valence-electron chi connectivity index (χ1n) is 9.41. The fourth-order valence-corrected chi connectivity index (χ4v) is 3.85. The number of aromatic hydroxyl groups is 2. The molecule has 1 aliphatic carbocycles. The van der Waals surface area contributed by atoms with Crippen LogP contribution in [0.15, 0.2) is 24.3 Å². The molecule has 2 aromatic rings. The van der Waals surface area contributed by atoms with Crippen molar-refractivity contribution in [2.45, 2.75) is 37.6 Å². The molecule has 0 spiro atoms. The van der Waals surface area contributed by atoms with Crippen molar-refractivity contribution >= 4 is 11.6 Å². The molecule has 0 aromatic heterocycles. The van der Waals surface area contributed by atoms with Crippen LogP contribution in [0.4, 0.5) is 0 Å². The Kier molecular flexibility index (Phi) is 5.20. The highest BCUT2D eigenvalue weighted by Gasteiger charge is 2.45. The van der Waals surface area contributed by atoms with Gasteiger partial charge in [0.1, 0.15) is 41.7 Å². The third-order valence-corrected chi connectivity index (χ3v) is 5.38. The number of rotatable bonds is 3. The van der Waals surface area contributed by atoms with Crippen molar-refractivity contribution in [3.63, 3.8) is 0 Å². The predicted octanol–water partition coefficient (Wildman–Crippen LogP) is -0.640. The SMILES string of the molecule is Cc1cc(O[C@@H]2O[C@@H](CO)[C@H](O)[C@@H](O)[C@@H]2O)c2c(c1)C(=O)c1cc(O)cc(O)c1C2=O. The number of benzene rings is 2. The van der Waals surface area contributed by atoms with Gasteiger partial charge in [-0.1, -0.05) is 0 Å². The topological polar surface area (TPSA) is 174 Å². The quantitative estimate of drug-likeness (QED) is 0.312. The van der Waals surface area contributed by atoms with Crippen molar-refractivity contribution in [3.05, 3.63) is 52.1 Å². The standard InChI is InChI=1S/C21H20O10/c1-7-2-9-15(18(27)14-10(16(9)25)4-8(23)5-11(14)24)12(3-7)30-21-20(29)19(28)17(26)13(6-22)31-21/h2-5,13,17,19-24,26,28-29H,6H2,1H3/t13-,17-,19+,20-,21+/m0/s1. The smallest absolute Gasteiger partial charge is 0.229 e. The summed E-state index contributed by atoms with van der Waals surface area (Å²) >= 11 is 0. The van der Waals surface area contributed by atoms with E-state index in [4.69, 9.17) is 9.47 Å². The van der Waals surface area contributed by atoms with Crippen molar-refractivity contribution in [2.75, 3.05) is 6.61 Å². The van der Waals surface area contributed by atoms with Gasteiger partial charge in [-0.15, -0.1) is 0 Å². The number of aliphatic hydroxyl groups is 4. The van der Waals surface area contributed by atoms with Crippen LogP contribution in [0.1, 0.15) is 37.4 Å². The number of aliphatic hydroxyl groups excluding tert-OH is 4. The summed E-state index contributed by atoms with van der Waals surface area (Å²) < 4.78 is 11.0. The number of ether oxygens (including phenoxy) is 2. The minimum absolute atomic E-state index is 0.0397. The second-order valence-corrected chi connectivity index (χ2v) is 7.55. The monoisotopic (exact) mass is 432 g/mol. The molecule has 10 nitrogen and oxygen atoms in total. The van der Waals surface area contributed by atoms with Crippen LogP contribution in [0, 0.1) is 6.92 Å². The van der Waals surface area contributed by atoms with Crippen molar-refractivity contribution in [2.24, 2.45) is 0 Å². The lowest BCUT2D eigenvalue weighted by molar-refractivity contribution is -0.277. The minimum atomic E-state index is -1.72. The molecule has 6 N–H and O–H groups in total. The molecule has 1 fully saturated rings. The number of phenolic OH excluding ortho intramolecular Hbond substituents is 2. The average Bonchev–Trinajstić information content (AvgIpc) is 2.71. The van der Waals surface area contributed by atoms with Gasteiger partial charge in [-0.25, -0.2) is 0 Å². The van der Waals surface area contributed by atoms with Crippen molar-refractivity contribution in [1.29, 1.82) is 0 Å². The van der Waals surface area contributed by atoms with E-state index in [0.29, 0.717) is 5.56 Å². The molecule has 0 saturated carbocycles. The van der Waals surface area contributed by atoms with Crippen LogP contribution in [0.5, 0.6) is 17.2 Å². The molecular weight excluding hydrogens is 412 g/mol. The first-order chi connectivity index (χ1) is 14.6. The first kappa shape index (κ1) is 21.2. The summed E-state index contributed by atoms with van der Waals surface area (Å²) in [4.78, 5) is 26.2. The number of fused-ring (bicyclic) bond motifs is 2. The van der Waals surface area contributed by atoms with Gasteiger partial charge in [0.2, 0.25) is 12.1 Å². The van der Waals surface area contributed by atoms with E-state index < -0.39 is 54.6 Å². The summed E-state index contributed by atoms with van der Waals surface area (Å²) in [5.74, 6) is -2.50. The van der Waals surface area contributed by atoms with Gasteiger partial charge in [-0.3, -0.25) is 9.59 Å². The van der Waals surface area contributed by atoms with Crippen LogP contribution < -0.4 is 4.74 Å². The lowest BCUT2D eigenvalue weighted by Gasteiger charge is -2.39. The Morgan fingerprint density at radius 2 is 1.58 bits per heavy atom. The van der Waals surface area contributed by atoms with E-state index in [1.165, 1.54) is 12.1 Å². The van der Waals surface area contributed by atoms with E-state index >= 15 is 0 Å². The Balaban J connectivity index is 1.79. The molecule has 4 rings (SSSR count). The van der Waals surface area contributed by atoms with E-state index in [1.807, 2.05) is 0 Å². The molecule has 0 bridgehead atoms. The molecule has 31 heavy (non-hydrogen) atoms. The molecule has 1 aliphatic heterocycles. The molecule has 5 atom stereocenters. The summed E-state index contributed by atoms with van der Waals surface area (Å²) in [5, 5.41) is 59.4. The fraction of sp³-hybridized carbons (Fsp3) is 0.333. The average molecular weight is 432 g/mol. The largest absolute Gasteiger partial charge is 0.508 e. The van der Waals surface area contributed by atoms with Crippen LogP contribution >= 0.6 is 0 Å². The molecular formula is C21H20O10. The molecule has 0 unspecified atom stereocenters. The molecule has 1 saturated heterocycles. The zero-order chi connectivity index (χ0) is 22.6. The molecule has 2 aromatic carbocycles. The van der Waals surface area contributed by atoms with Gasteiger partial charge in [0.05, 0.1) is 17.7 Å². The predicted molar refractivity (Wildman–Crippen MR) is 102 cm³/mol. The van der Waals surface area contributed by atoms with E-state index in [9.17, 15) is 40.2 Å². The Morgan fingerprint density at radius 1 is 0.903 bits per heavy atom. The third kappa shape index (κ3) is 3.34. The number of carbonyl (C=O) groups excluding carboxylic acids is 2. The maximum atomic E-state index is 13.2. The van der Waals surface area contributed by atoms with Crippen molar-refractivity contribution in [3.8, 4) is 17.2 Å². The van der Waals surface area contributed by atoms with Crippen LogP contribution in [0.25, 0.3) is 0 Å². The normalized spacial score (nSPS) is 27.6. The van der Waals surface area contributed by atoms with Crippen LogP contribution in [0.3, 0.4) is 0 Å². The zero-order valence-electron chi connectivity index (χ0n) is 16.2. The number of phenols is 2. The van der Waals surface area contributed by atoms with E-state index in [1.54, 1.807) is 6.92 Å². The van der Waals surface area contributed by atoms with Crippen molar-refractivity contribution in [1.82, 2.24) is 0 Å². The lowest BCUT2D eigenvalue weighted by Crippen LogP contribution is -2.60. The Hall–Kier alpha value is -3.02. The maximum Gasteiger partial charge on any atom is 0.229 e. The minimum Gasteiger partial charge on any atom is -0.508 e. The first-order valence-corrected chi connectivity index (χ1v) is 9.41. The van der Waals surface area contributed by atoms with Gasteiger partial charge < -0.3 is 40.1 Å². The van der Waals surface area contributed by atoms with E-state index in [-0.39, 0.29) is 33.8 Å². The second kappa shape index (κ2) is 7.59. The number of ketones is 2. The number of hydrogen-bond donors (Lipinski definition) is 6. The molecule has 164 valence electrons. The van der Waals surface area contributed by atoms with Gasteiger partial charge in [-0.2, -0.15) is 0 Å². The maximum absolute atomic E-state index is 13.2. The van der Waals surface area contributed by atoms with Gasteiger partial charge in [0, 0.05) is 17.2 Å². The summed E-state index contributed by atoms with van der Waals surface area (Å²) in [6.07, 6.45) is -7.80. The molecule has 1 heterocycles. The van der Waals surface area contributed by atoms with Gasteiger partial charge >= 0.3 is 0 Å². The van der Waals surface area contributed by atoms with Crippen molar-refractivity contribution < 1.29 is 49.7 Å². The number of carbonyl (C=O) groups is 2. The van der Waals surface area contributed by atoms with Crippen LogP contribution in [-0.2, 0) is 4.74 Å². The summed E-state index contributed by atoms with van der Waals surface area (Å²) in [6.45, 7) is 0.965. The number of hydrogen-bond acceptors (Lipinski definition) is 10. The van der Waals surface area contributed by atoms with Crippen LogP contribution in [0.2, 0.25) is 0 Å². The molecule has 0 amide bonds. The highest BCUT2D eigenvalue weighted by atomic mass is 16.7. The molecule has 2 aliphatic rings. The summed E-state index contributed by atoms with van der Waals surface area (Å²) in [7, 11) is 0. The number of aryl methyl sites for hydroxylation is 1. The highest BCUT2D eigenvalue weighted by molar-refractivity contribution is 6.30. The highest BCUT2D eigenvalue weighted by Crippen LogP contribution is 2.40. The summed E-state index contributed by atoms with van der Waals surface area (Å²) in [6, 6.07) is 4.87. The second-order valence-electron chi connectivity index (χ2n) is 7.55. The van der Waals surface area contributed by atoms with Crippen LogP contribution in [-0.4, -0.2) is 79.5 Å². The lowest BCUT2D eigenvalue weighted by atomic mass is 9.82. The Labute approximate surface area is 175 Å². The molecule has 0 radical (unpaired) electrons. The summed E-state index contributed by atoms with van der Waals surface area (Å²) in [5.41, 5.74) is -0.187. The van der Waals surface area contributed by atoms with Gasteiger partial charge in [0.25, 0.3) is 0 Å².